The van der Waals surface area contributed by atoms with E-state index in [9.17, 15) is 27.5 Å². The topological polar surface area (TPSA) is 37.3 Å². The Kier molecular flexibility index (Phi) is 4.67. The van der Waals surface area contributed by atoms with Crippen LogP contribution in [-0.2, 0) is 5.60 Å². The molecule has 2 nitrogen and oxygen atoms in total. The van der Waals surface area contributed by atoms with Crippen LogP contribution < -0.4 is 0 Å². The van der Waals surface area contributed by atoms with E-state index in [0.29, 0.717) is 0 Å². The highest BCUT2D eigenvalue weighted by molar-refractivity contribution is 7.12. The number of ketones is 1. The molecule has 0 aliphatic rings. The maximum atomic E-state index is 13.9. The van der Waals surface area contributed by atoms with Gasteiger partial charge < -0.3 is 5.11 Å². The van der Waals surface area contributed by atoms with E-state index in [-0.39, 0.29) is 4.88 Å². The molecular weight excluding hydrogens is 320 g/mol. The molecule has 2 rings (SSSR count). The van der Waals surface area contributed by atoms with Crippen molar-refractivity contribution in [2.75, 3.05) is 0 Å². The van der Waals surface area contributed by atoms with Crippen molar-refractivity contribution in [3.8, 4) is 0 Å². The Morgan fingerprint density at radius 2 is 1.77 bits per heavy atom. The van der Waals surface area contributed by atoms with E-state index >= 15 is 0 Å². The molecule has 0 amide bonds. The van der Waals surface area contributed by atoms with E-state index in [1.54, 1.807) is 5.38 Å². The molecule has 0 bridgehead atoms. The van der Waals surface area contributed by atoms with Crippen LogP contribution in [0.15, 0.2) is 47.8 Å². The molecule has 1 N–H and O–H groups in total. The van der Waals surface area contributed by atoms with Gasteiger partial charge in [0.15, 0.2) is 11.4 Å². The van der Waals surface area contributed by atoms with Crippen LogP contribution in [0.4, 0.5) is 17.6 Å². The fourth-order valence-corrected chi connectivity index (χ4v) is 2.73. The first kappa shape index (κ1) is 16.6. The number of halogens is 4. The number of Topliss-reactive ketones (excluding diaryl/α,β-unsaturated/α-hetero) is 1. The van der Waals surface area contributed by atoms with Crippen LogP contribution >= 0.6 is 11.3 Å². The average molecular weight is 332 g/mol. The fourth-order valence-electron chi connectivity index (χ4n) is 2.06. The van der Waals surface area contributed by atoms with E-state index in [1.165, 1.54) is 30.3 Å². The van der Waals surface area contributed by atoms with E-state index in [0.717, 1.165) is 23.5 Å². The quantitative estimate of drug-likeness (QED) is 0.638. The Hall–Kier alpha value is -1.73. The summed E-state index contributed by atoms with van der Waals surface area (Å²) in [5, 5.41) is 11.9. The number of carbonyl (C=O) groups excluding carboxylic acids is 1. The number of hydrogen-bond donors (Lipinski definition) is 1. The van der Waals surface area contributed by atoms with Gasteiger partial charge in [0.05, 0.1) is 11.3 Å². The van der Waals surface area contributed by atoms with E-state index in [2.05, 4.69) is 0 Å². The molecule has 1 heterocycles. The lowest BCUT2D eigenvalue weighted by Gasteiger charge is -2.35. The lowest BCUT2D eigenvalue weighted by atomic mass is 9.82. The minimum atomic E-state index is -4.76. The molecule has 118 valence electrons. The second kappa shape index (κ2) is 6.18. The third kappa shape index (κ3) is 2.91. The summed E-state index contributed by atoms with van der Waals surface area (Å²) in [6, 6.07) is 9.26. The standard InChI is InChI=1S/C15H12F4O2S/c16-13(17)15(18,19)14(21,10-5-2-1-3-6-10)9-11(20)12-7-4-8-22-12/h1-8,13,21H,9H2/t14-/m0/s1. The summed E-state index contributed by atoms with van der Waals surface area (Å²) in [4.78, 5) is 12.2. The molecule has 0 saturated carbocycles. The van der Waals surface area contributed by atoms with Gasteiger partial charge in [-0.2, -0.15) is 8.78 Å². The SMILES string of the molecule is O=C(C[C@](O)(c1ccccc1)C(F)(F)C(F)F)c1cccs1. The van der Waals surface area contributed by atoms with Crippen molar-refractivity contribution >= 4 is 17.1 Å². The van der Waals surface area contributed by atoms with Crippen molar-refractivity contribution in [1.82, 2.24) is 0 Å². The van der Waals surface area contributed by atoms with Gasteiger partial charge in [-0.05, 0) is 17.0 Å². The van der Waals surface area contributed by atoms with Crippen molar-refractivity contribution in [3.63, 3.8) is 0 Å². The molecule has 1 atom stereocenters. The summed E-state index contributed by atoms with van der Waals surface area (Å²) in [5.74, 6) is -5.58. The average Bonchev–Trinajstić information content (AvgIpc) is 3.02. The van der Waals surface area contributed by atoms with Gasteiger partial charge in [0.2, 0.25) is 0 Å². The predicted octanol–water partition coefficient (Wildman–Crippen LogP) is 4.11. The molecule has 0 aliphatic heterocycles. The Balaban J connectivity index is 2.45. The van der Waals surface area contributed by atoms with Gasteiger partial charge in [0.25, 0.3) is 0 Å². The summed E-state index contributed by atoms with van der Waals surface area (Å²) < 4.78 is 53.4. The normalized spacial score (nSPS) is 14.8. The molecular formula is C15H12F4O2S. The van der Waals surface area contributed by atoms with Crippen LogP contribution in [0.3, 0.4) is 0 Å². The number of thiophene rings is 1. The second-order valence-electron chi connectivity index (χ2n) is 4.73. The first-order chi connectivity index (χ1) is 10.3. The van der Waals surface area contributed by atoms with Gasteiger partial charge in [-0.1, -0.05) is 36.4 Å². The summed E-state index contributed by atoms with van der Waals surface area (Å²) in [6.45, 7) is 0. The van der Waals surface area contributed by atoms with E-state index < -0.39 is 35.7 Å². The van der Waals surface area contributed by atoms with Crippen molar-refractivity contribution in [2.45, 2.75) is 24.4 Å². The second-order valence-corrected chi connectivity index (χ2v) is 5.67. The summed E-state index contributed by atoms with van der Waals surface area (Å²) >= 11 is 0.993. The molecule has 0 spiro atoms. The third-order valence-corrected chi connectivity index (χ3v) is 4.20. The zero-order valence-corrected chi connectivity index (χ0v) is 12.0. The van der Waals surface area contributed by atoms with Gasteiger partial charge in [0.1, 0.15) is 0 Å². The van der Waals surface area contributed by atoms with Gasteiger partial charge in [-0.15, -0.1) is 11.3 Å². The van der Waals surface area contributed by atoms with Gasteiger partial charge in [-0.25, -0.2) is 8.78 Å². The first-order valence-electron chi connectivity index (χ1n) is 6.29. The molecule has 0 radical (unpaired) electrons. The van der Waals surface area contributed by atoms with E-state index in [1.807, 2.05) is 0 Å². The van der Waals surface area contributed by atoms with Crippen LogP contribution in [0.5, 0.6) is 0 Å². The molecule has 1 aromatic heterocycles. The lowest BCUT2D eigenvalue weighted by Crippen LogP contribution is -2.51. The zero-order chi connectivity index (χ0) is 16.4. The number of hydrogen-bond acceptors (Lipinski definition) is 3. The molecule has 22 heavy (non-hydrogen) atoms. The maximum absolute atomic E-state index is 13.9. The van der Waals surface area contributed by atoms with Crippen molar-refractivity contribution in [2.24, 2.45) is 0 Å². The molecule has 7 heteroatoms. The molecule has 1 aromatic carbocycles. The molecule has 0 unspecified atom stereocenters. The van der Waals surface area contributed by atoms with Crippen LogP contribution in [0.25, 0.3) is 0 Å². The van der Waals surface area contributed by atoms with Crippen molar-refractivity contribution in [3.05, 3.63) is 58.3 Å². The highest BCUT2D eigenvalue weighted by Crippen LogP contribution is 2.45. The van der Waals surface area contributed by atoms with Crippen LogP contribution in [0.1, 0.15) is 21.7 Å². The number of alkyl halides is 4. The highest BCUT2D eigenvalue weighted by Gasteiger charge is 2.61. The fraction of sp³-hybridized carbons (Fsp3) is 0.267. The number of benzene rings is 1. The Labute approximate surface area is 128 Å². The summed E-state index contributed by atoms with van der Waals surface area (Å²) in [5.41, 5.74) is -3.70. The zero-order valence-electron chi connectivity index (χ0n) is 11.2. The molecule has 0 saturated heterocycles. The largest absolute Gasteiger partial charge is 0.378 e. The lowest BCUT2D eigenvalue weighted by molar-refractivity contribution is -0.247. The monoisotopic (exact) mass is 332 g/mol. The third-order valence-electron chi connectivity index (χ3n) is 3.29. The number of carbonyl (C=O) groups is 1. The van der Waals surface area contributed by atoms with Crippen molar-refractivity contribution < 1.29 is 27.5 Å². The Bertz CT molecular complexity index is 628. The number of aliphatic hydroxyl groups is 1. The van der Waals surface area contributed by atoms with Crippen molar-refractivity contribution in [1.29, 1.82) is 0 Å². The Morgan fingerprint density at radius 1 is 1.14 bits per heavy atom. The Morgan fingerprint density at radius 3 is 2.27 bits per heavy atom. The highest BCUT2D eigenvalue weighted by atomic mass is 32.1. The molecule has 0 fully saturated rings. The van der Waals surface area contributed by atoms with E-state index in [4.69, 9.17) is 0 Å². The van der Waals surface area contributed by atoms with Crippen LogP contribution in [0.2, 0.25) is 0 Å². The van der Waals surface area contributed by atoms with Gasteiger partial charge in [-0.3, -0.25) is 4.79 Å². The van der Waals surface area contributed by atoms with Crippen LogP contribution in [0, 0.1) is 0 Å². The summed E-state index contributed by atoms with van der Waals surface area (Å²) in [7, 11) is 0. The first-order valence-corrected chi connectivity index (χ1v) is 7.17. The maximum Gasteiger partial charge on any atom is 0.339 e. The summed E-state index contributed by atoms with van der Waals surface area (Å²) in [6.07, 6.45) is -5.23. The smallest absolute Gasteiger partial charge is 0.339 e. The molecule has 0 aliphatic carbocycles. The predicted molar refractivity (Wildman–Crippen MR) is 74.6 cm³/mol. The molecule has 2 aromatic rings. The minimum absolute atomic E-state index is 0.124. The minimum Gasteiger partial charge on any atom is -0.378 e. The van der Waals surface area contributed by atoms with Gasteiger partial charge in [0, 0.05) is 0 Å². The van der Waals surface area contributed by atoms with Gasteiger partial charge >= 0.3 is 12.3 Å². The number of rotatable bonds is 6. The van der Waals surface area contributed by atoms with Crippen LogP contribution in [-0.4, -0.2) is 23.2 Å².